The first-order valence-electron chi connectivity index (χ1n) is 9.94. The molecule has 3 fully saturated rings. The van der Waals surface area contributed by atoms with Crippen LogP contribution in [0.25, 0.3) is 0 Å². The van der Waals surface area contributed by atoms with Gasteiger partial charge in [0.1, 0.15) is 0 Å². The first kappa shape index (κ1) is 15.5. The molecule has 2 aliphatic heterocycles. The molecule has 3 aliphatic carbocycles. The number of likely N-dealkylation sites (tertiary alicyclic amines) is 1. The molecule has 138 valence electrons. The van der Waals surface area contributed by atoms with Crippen LogP contribution in [-0.4, -0.2) is 53.7 Å². The van der Waals surface area contributed by atoms with Gasteiger partial charge in [-0.1, -0.05) is 6.07 Å². The maximum Gasteiger partial charge on any atom is 0.174 e. The Balaban J connectivity index is 1.60. The Bertz CT molecular complexity index is 818. The van der Waals surface area contributed by atoms with E-state index >= 15 is 0 Å². The molecule has 4 atom stereocenters. The second-order valence-corrected chi connectivity index (χ2v) is 8.89. The Morgan fingerprint density at radius 2 is 2.19 bits per heavy atom. The molecule has 5 heteroatoms. The molecule has 1 unspecified atom stereocenters. The molecule has 1 saturated heterocycles. The Morgan fingerprint density at radius 1 is 1.35 bits per heavy atom. The van der Waals surface area contributed by atoms with Gasteiger partial charge in [0, 0.05) is 31.7 Å². The van der Waals surface area contributed by atoms with E-state index in [0.29, 0.717) is 12.2 Å². The molecular formula is C21H25NO4. The highest BCUT2D eigenvalue weighted by Crippen LogP contribution is 2.65. The Labute approximate surface area is 153 Å². The molecule has 0 aromatic heterocycles. The molecule has 0 radical (unpaired) electrons. The molecule has 2 saturated carbocycles. The van der Waals surface area contributed by atoms with Gasteiger partial charge in [-0.3, -0.25) is 9.69 Å². The van der Waals surface area contributed by atoms with Crippen molar-refractivity contribution < 1.29 is 19.4 Å². The lowest BCUT2D eigenvalue weighted by molar-refractivity contribution is -0.202. The van der Waals surface area contributed by atoms with Crippen molar-refractivity contribution in [2.75, 3.05) is 20.2 Å². The highest BCUT2D eigenvalue weighted by molar-refractivity contribution is 5.90. The van der Waals surface area contributed by atoms with E-state index in [1.807, 2.05) is 13.2 Å². The van der Waals surface area contributed by atoms with E-state index in [-0.39, 0.29) is 17.6 Å². The number of carbonyl (C=O) groups is 1. The van der Waals surface area contributed by atoms with Crippen LogP contribution in [0.2, 0.25) is 0 Å². The Morgan fingerprint density at radius 3 is 2.96 bits per heavy atom. The van der Waals surface area contributed by atoms with E-state index in [0.717, 1.165) is 43.8 Å². The van der Waals surface area contributed by atoms with Gasteiger partial charge >= 0.3 is 0 Å². The normalized spacial score (nSPS) is 40.3. The first-order chi connectivity index (χ1) is 12.6. The van der Waals surface area contributed by atoms with Crippen LogP contribution in [0.3, 0.4) is 0 Å². The van der Waals surface area contributed by atoms with Crippen molar-refractivity contribution in [2.24, 2.45) is 5.92 Å². The Kier molecular flexibility index (Phi) is 2.86. The number of nitrogens with zero attached hydrogens (tertiary/aromatic N) is 1. The number of phenols is 1. The van der Waals surface area contributed by atoms with Crippen molar-refractivity contribution in [3.63, 3.8) is 0 Å². The average molecular weight is 355 g/mol. The number of methoxy groups -OCH3 is 1. The van der Waals surface area contributed by atoms with Crippen molar-refractivity contribution in [2.45, 2.75) is 61.7 Å². The highest BCUT2D eigenvalue weighted by Gasteiger charge is 2.74. The summed E-state index contributed by atoms with van der Waals surface area (Å²) in [6.45, 7) is 2.12. The number of Topliss-reactive ketones (excluding diaryl/α,β-unsaturated/α-hetero) is 1. The summed E-state index contributed by atoms with van der Waals surface area (Å²) < 4.78 is 12.5. The quantitative estimate of drug-likeness (QED) is 0.901. The van der Waals surface area contributed by atoms with E-state index < -0.39 is 17.1 Å². The summed E-state index contributed by atoms with van der Waals surface area (Å²) in [5.41, 5.74) is 1.46. The molecule has 5 aliphatic rings. The smallest absolute Gasteiger partial charge is 0.174 e. The van der Waals surface area contributed by atoms with Gasteiger partial charge in [-0.2, -0.15) is 0 Å². The van der Waals surface area contributed by atoms with Crippen LogP contribution in [0.15, 0.2) is 12.1 Å². The van der Waals surface area contributed by atoms with Gasteiger partial charge in [-0.05, 0) is 56.2 Å². The third-order valence-electron chi connectivity index (χ3n) is 7.88. The molecule has 26 heavy (non-hydrogen) atoms. The molecule has 1 N–H and O–H groups in total. The third-order valence-corrected chi connectivity index (χ3v) is 7.88. The molecule has 2 bridgehead atoms. The van der Waals surface area contributed by atoms with Crippen LogP contribution in [0.1, 0.15) is 43.2 Å². The molecule has 1 aromatic rings. The minimum Gasteiger partial charge on any atom is -0.504 e. The van der Waals surface area contributed by atoms with Crippen LogP contribution in [-0.2, 0) is 21.4 Å². The van der Waals surface area contributed by atoms with Crippen LogP contribution in [0, 0.1) is 5.92 Å². The van der Waals surface area contributed by atoms with Crippen molar-refractivity contribution >= 4 is 5.78 Å². The number of piperidine rings is 1. The number of aromatic hydroxyl groups is 1. The molecule has 5 nitrogen and oxygen atoms in total. The molecule has 1 aromatic carbocycles. The van der Waals surface area contributed by atoms with Gasteiger partial charge in [0.15, 0.2) is 23.4 Å². The second-order valence-electron chi connectivity index (χ2n) is 8.89. The second kappa shape index (κ2) is 4.82. The van der Waals surface area contributed by atoms with Gasteiger partial charge < -0.3 is 14.6 Å². The number of ketones is 1. The number of benzene rings is 1. The maximum absolute atomic E-state index is 12.9. The van der Waals surface area contributed by atoms with Crippen molar-refractivity contribution in [3.05, 3.63) is 23.3 Å². The molecule has 6 rings (SSSR count). The monoisotopic (exact) mass is 355 g/mol. The van der Waals surface area contributed by atoms with Crippen molar-refractivity contribution in [3.8, 4) is 11.5 Å². The summed E-state index contributed by atoms with van der Waals surface area (Å²) in [7, 11) is 1.81. The fourth-order valence-electron chi connectivity index (χ4n) is 6.65. The average Bonchev–Trinajstić information content (AvgIpc) is 3.38. The first-order valence-corrected chi connectivity index (χ1v) is 9.94. The summed E-state index contributed by atoms with van der Waals surface area (Å²) >= 11 is 0. The zero-order valence-corrected chi connectivity index (χ0v) is 15.2. The molecular weight excluding hydrogens is 330 g/mol. The molecule has 1 spiro atoms. The Hall–Kier alpha value is -1.59. The van der Waals surface area contributed by atoms with Crippen LogP contribution >= 0.6 is 0 Å². The van der Waals surface area contributed by atoms with E-state index in [1.54, 1.807) is 6.07 Å². The number of hydrogen-bond donors (Lipinski definition) is 1. The summed E-state index contributed by atoms with van der Waals surface area (Å²) in [6.07, 6.45) is 5.20. The number of rotatable bonds is 3. The number of carbonyl (C=O) groups excluding carboxylic acids is 1. The molecule has 2 heterocycles. The summed E-state index contributed by atoms with van der Waals surface area (Å²) in [6, 6.07) is 4.05. The lowest BCUT2D eigenvalue weighted by Crippen LogP contribution is -2.77. The largest absolute Gasteiger partial charge is 0.504 e. The number of phenolic OH excluding ortho intramolecular Hbond substituents is 1. The fraction of sp³-hybridized carbons (Fsp3) is 0.667. The minimum atomic E-state index is -0.510. The van der Waals surface area contributed by atoms with Gasteiger partial charge in [-0.15, -0.1) is 0 Å². The fourth-order valence-corrected chi connectivity index (χ4v) is 6.65. The van der Waals surface area contributed by atoms with Gasteiger partial charge in [0.25, 0.3) is 0 Å². The summed E-state index contributed by atoms with van der Waals surface area (Å²) in [5, 5.41) is 10.4. The predicted molar refractivity (Wildman–Crippen MR) is 94.6 cm³/mol. The van der Waals surface area contributed by atoms with Gasteiger partial charge in [0.05, 0.1) is 11.0 Å². The van der Waals surface area contributed by atoms with Crippen molar-refractivity contribution in [1.29, 1.82) is 0 Å². The summed E-state index contributed by atoms with van der Waals surface area (Å²) in [5.74, 6) is 1.69. The summed E-state index contributed by atoms with van der Waals surface area (Å²) in [4.78, 5) is 15.5. The van der Waals surface area contributed by atoms with Crippen LogP contribution < -0.4 is 4.74 Å². The van der Waals surface area contributed by atoms with Crippen molar-refractivity contribution in [1.82, 2.24) is 4.90 Å². The standard InChI is InChI=1S/C21H25NO4/c1-25-21-7-6-15(24)19-20(21)8-9-22(11-12-2-3-12)16(21)10-13-4-5-14(23)18(26-19)17(13)20/h4-5,12,16,19,23H,2-3,6-11H2,1H3/t16-,19+,20?,21-/m0/s1. The SMILES string of the molecule is CO[C@]12CCC(=O)[C@H]3Oc4c(O)ccc5c4C31CCN(CC1CC1)[C@H]2C5. The predicted octanol–water partition coefficient (Wildman–Crippen LogP) is 2.18. The zero-order chi connectivity index (χ0) is 17.7. The maximum atomic E-state index is 12.9. The minimum absolute atomic E-state index is 0.157. The van der Waals surface area contributed by atoms with Crippen LogP contribution in [0.5, 0.6) is 11.5 Å². The van der Waals surface area contributed by atoms with Gasteiger partial charge in [-0.25, -0.2) is 0 Å². The van der Waals surface area contributed by atoms with E-state index in [2.05, 4.69) is 4.90 Å². The van der Waals surface area contributed by atoms with E-state index in [4.69, 9.17) is 9.47 Å². The zero-order valence-electron chi connectivity index (χ0n) is 15.2. The number of ether oxygens (including phenoxy) is 2. The van der Waals surface area contributed by atoms with E-state index in [9.17, 15) is 9.90 Å². The van der Waals surface area contributed by atoms with Crippen LogP contribution in [0.4, 0.5) is 0 Å². The third kappa shape index (κ3) is 1.59. The van der Waals surface area contributed by atoms with E-state index in [1.165, 1.54) is 18.4 Å². The topological polar surface area (TPSA) is 59.0 Å². The lowest BCUT2D eigenvalue weighted by Gasteiger charge is -2.64. The molecule has 0 amide bonds. The lowest BCUT2D eigenvalue weighted by atomic mass is 9.49. The number of hydrogen-bond acceptors (Lipinski definition) is 5. The van der Waals surface area contributed by atoms with Gasteiger partial charge in [0.2, 0.25) is 0 Å². The highest BCUT2D eigenvalue weighted by atomic mass is 16.5.